The number of ether oxygens (including phenoxy) is 1. The molecule has 1 heterocycles. The molecule has 1 unspecified atom stereocenters. The van der Waals surface area contributed by atoms with Gasteiger partial charge in [0.25, 0.3) is 5.56 Å². The lowest BCUT2D eigenvalue weighted by molar-refractivity contribution is 0.0499. The van der Waals surface area contributed by atoms with Crippen molar-refractivity contribution in [2.75, 3.05) is 0 Å². The first-order valence-electron chi connectivity index (χ1n) is 8.18. The normalized spacial score (nSPS) is 12.9. The molecule has 0 aliphatic rings. The highest BCUT2D eigenvalue weighted by Crippen LogP contribution is 2.18. The quantitative estimate of drug-likeness (QED) is 0.933. The first kappa shape index (κ1) is 18.0. The summed E-state index contributed by atoms with van der Waals surface area (Å²) in [5.41, 5.74) is 1.02. The number of fused-ring (bicyclic) bond motifs is 1. The van der Waals surface area contributed by atoms with Crippen molar-refractivity contribution in [3.63, 3.8) is 0 Å². The number of hydrogen-bond acceptors (Lipinski definition) is 4. The molecule has 1 aromatic carbocycles. The molecule has 24 heavy (non-hydrogen) atoms. The van der Waals surface area contributed by atoms with E-state index in [1.807, 2.05) is 31.2 Å². The van der Waals surface area contributed by atoms with E-state index in [2.05, 4.69) is 10.3 Å². The molecule has 130 valence electrons. The largest absolute Gasteiger partial charge is 0.444 e. The number of alkyl carbamates (subject to hydrolysis) is 1. The number of benzene rings is 1. The molecule has 0 aliphatic carbocycles. The lowest BCUT2D eigenvalue weighted by atomic mass is 10.1. The Morgan fingerprint density at radius 2 is 2.00 bits per heavy atom. The Kier molecular flexibility index (Phi) is 5.26. The summed E-state index contributed by atoms with van der Waals surface area (Å²) in [5.74, 6) is 0. The second-order valence-corrected chi connectivity index (χ2v) is 6.84. The summed E-state index contributed by atoms with van der Waals surface area (Å²) in [4.78, 5) is 29.3. The molecule has 0 saturated heterocycles. The molecule has 0 bridgehead atoms. The predicted octanol–water partition coefficient (Wildman–Crippen LogP) is 3.30. The Morgan fingerprint density at radius 1 is 1.33 bits per heavy atom. The summed E-state index contributed by atoms with van der Waals surface area (Å²) in [6.45, 7) is 7.40. The van der Waals surface area contributed by atoms with Gasteiger partial charge in [-0.2, -0.15) is 0 Å². The fraction of sp³-hybridized carbons (Fsp3) is 0.500. The molecule has 6 nitrogen and oxygen atoms in total. The fourth-order valence-electron chi connectivity index (χ4n) is 2.54. The Balaban J connectivity index is 2.41. The maximum Gasteiger partial charge on any atom is 0.408 e. The van der Waals surface area contributed by atoms with Crippen molar-refractivity contribution in [1.29, 1.82) is 0 Å². The molecule has 0 radical (unpaired) electrons. The molecule has 1 N–H and O–H groups in total. The second-order valence-electron chi connectivity index (χ2n) is 6.84. The monoisotopic (exact) mass is 331 g/mol. The maximum absolute atomic E-state index is 12.7. The van der Waals surface area contributed by atoms with E-state index in [1.54, 1.807) is 32.4 Å². The van der Waals surface area contributed by atoms with Crippen molar-refractivity contribution >= 4 is 17.1 Å². The van der Waals surface area contributed by atoms with Crippen LogP contribution in [-0.4, -0.2) is 21.2 Å². The van der Waals surface area contributed by atoms with E-state index in [1.165, 1.54) is 0 Å². The SMILES string of the molecule is CCCC(NC(=O)OC(C)(C)C)c1nc2ccccc2n(C)c1=O. The summed E-state index contributed by atoms with van der Waals surface area (Å²) in [7, 11) is 1.71. The Bertz CT molecular complexity index is 790. The third-order valence-electron chi connectivity index (χ3n) is 3.61. The molecule has 0 fully saturated rings. The van der Waals surface area contributed by atoms with E-state index >= 15 is 0 Å². The molecule has 1 amide bonds. The van der Waals surface area contributed by atoms with Gasteiger partial charge in [-0.3, -0.25) is 4.79 Å². The number of hydrogen-bond donors (Lipinski definition) is 1. The first-order valence-corrected chi connectivity index (χ1v) is 8.18. The average Bonchev–Trinajstić information content (AvgIpc) is 2.48. The van der Waals surface area contributed by atoms with Crippen LogP contribution in [0.3, 0.4) is 0 Å². The summed E-state index contributed by atoms with van der Waals surface area (Å²) in [5, 5.41) is 2.79. The molecule has 0 saturated carbocycles. The summed E-state index contributed by atoms with van der Waals surface area (Å²) in [6.07, 6.45) is 0.871. The van der Waals surface area contributed by atoms with Gasteiger partial charge in [-0.15, -0.1) is 0 Å². The van der Waals surface area contributed by atoms with Crippen LogP contribution in [0.4, 0.5) is 4.79 Å². The van der Waals surface area contributed by atoms with Gasteiger partial charge in [0, 0.05) is 7.05 Å². The number of aryl methyl sites for hydroxylation is 1. The van der Waals surface area contributed by atoms with E-state index in [-0.39, 0.29) is 5.56 Å². The fourth-order valence-corrected chi connectivity index (χ4v) is 2.54. The minimum Gasteiger partial charge on any atom is -0.444 e. The number of nitrogens with zero attached hydrogens (tertiary/aromatic N) is 2. The Hall–Kier alpha value is -2.37. The minimum absolute atomic E-state index is 0.205. The molecule has 6 heteroatoms. The zero-order valence-corrected chi connectivity index (χ0v) is 14.9. The molecule has 0 aliphatic heterocycles. The maximum atomic E-state index is 12.7. The third kappa shape index (κ3) is 4.13. The van der Waals surface area contributed by atoms with Gasteiger partial charge in [0.2, 0.25) is 0 Å². The number of aromatic nitrogens is 2. The van der Waals surface area contributed by atoms with Crippen LogP contribution in [-0.2, 0) is 11.8 Å². The van der Waals surface area contributed by atoms with Crippen LogP contribution in [0, 0.1) is 0 Å². The van der Waals surface area contributed by atoms with E-state index in [4.69, 9.17) is 4.74 Å². The van der Waals surface area contributed by atoms with E-state index in [9.17, 15) is 9.59 Å². The molecule has 1 atom stereocenters. The number of nitrogens with one attached hydrogen (secondary N) is 1. The van der Waals surface area contributed by atoms with Crippen LogP contribution in [0.1, 0.15) is 52.3 Å². The lowest BCUT2D eigenvalue weighted by Gasteiger charge is -2.23. The molecule has 1 aromatic heterocycles. The standard InChI is InChI=1S/C18H25N3O3/c1-6-9-13(20-17(23)24-18(2,3)4)15-16(22)21(5)14-11-8-7-10-12(14)19-15/h7-8,10-11,13H,6,9H2,1-5H3,(H,20,23). The summed E-state index contributed by atoms with van der Waals surface area (Å²) in [6, 6.07) is 6.97. The van der Waals surface area contributed by atoms with Crippen LogP contribution in [0.15, 0.2) is 29.1 Å². The van der Waals surface area contributed by atoms with Gasteiger partial charge >= 0.3 is 6.09 Å². The van der Waals surface area contributed by atoms with Crippen LogP contribution in [0.2, 0.25) is 0 Å². The van der Waals surface area contributed by atoms with Crippen LogP contribution in [0.5, 0.6) is 0 Å². The summed E-state index contributed by atoms with van der Waals surface area (Å²) < 4.78 is 6.87. The van der Waals surface area contributed by atoms with Crippen molar-refractivity contribution in [3.05, 3.63) is 40.3 Å². The molecule has 0 spiro atoms. The van der Waals surface area contributed by atoms with E-state index in [0.717, 1.165) is 17.5 Å². The van der Waals surface area contributed by atoms with Gasteiger partial charge in [-0.1, -0.05) is 25.5 Å². The minimum atomic E-state index is -0.595. The zero-order valence-electron chi connectivity index (χ0n) is 14.9. The van der Waals surface area contributed by atoms with Gasteiger partial charge < -0.3 is 14.6 Å². The van der Waals surface area contributed by atoms with Gasteiger partial charge in [-0.25, -0.2) is 9.78 Å². The van der Waals surface area contributed by atoms with Crippen LogP contribution < -0.4 is 10.9 Å². The van der Waals surface area contributed by atoms with Crippen LogP contribution in [0.25, 0.3) is 11.0 Å². The lowest BCUT2D eigenvalue weighted by Crippen LogP contribution is -2.38. The Labute approximate surface area is 141 Å². The topological polar surface area (TPSA) is 73.2 Å². The van der Waals surface area contributed by atoms with E-state index < -0.39 is 17.7 Å². The first-order chi connectivity index (χ1) is 11.2. The predicted molar refractivity (Wildman–Crippen MR) is 94.0 cm³/mol. The zero-order chi connectivity index (χ0) is 17.9. The molecule has 2 aromatic rings. The van der Waals surface area contributed by atoms with Crippen molar-refractivity contribution < 1.29 is 9.53 Å². The average molecular weight is 331 g/mol. The summed E-state index contributed by atoms with van der Waals surface area (Å²) >= 11 is 0. The number of amides is 1. The molecular formula is C18H25N3O3. The second kappa shape index (κ2) is 7.03. The number of para-hydroxylation sites is 2. The Morgan fingerprint density at radius 3 is 2.62 bits per heavy atom. The highest BCUT2D eigenvalue weighted by molar-refractivity contribution is 5.74. The van der Waals surface area contributed by atoms with Gasteiger partial charge in [-0.05, 0) is 39.3 Å². The molecular weight excluding hydrogens is 306 g/mol. The smallest absolute Gasteiger partial charge is 0.408 e. The van der Waals surface area contributed by atoms with Gasteiger partial charge in [0.05, 0.1) is 17.1 Å². The highest BCUT2D eigenvalue weighted by atomic mass is 16.6. The third-order valence-corrected chi connectivity index (χ3v) is 3.61. The van der Waals surface area contributed by atoms with Crippen molar-refractivity contribution in [3.8, 4) is 0 Å². The molecule has 2 rings (SSSR count). The number of carbonyl (C=O) groups is 1. The van der Waals surface area contributed by atoms with E-state index in [0.29, 0.717) is 12.1 Å². The van der Waals surface area contributed by atoms with Crippen LogP contribution >= 0.6 is 0 Å². The van der Waals surface area contributed by atoms with Crippen molar-refractivity contribution in [2.24, 2.45) is 7.05 Å². The number of carbonyl (C=O) groups excluding carboxylic acids is 1. The van der Waals surface area contributed by atoms with Gasteiger partial charge in [0.15, 0.2) is 0 Å². The van der Waals surface area contributed by atoms with Crippen molar-refractivity contribution in [2.45, 2.75) is 52.2 Å². The highest BCUT2D eigenvalue weighted by Gasteiger charge is 2.23. The number of rotatable bonds is 4. The van der Waals surface area contributed by atoms with Crippen molar-refractivity contribution in [1.82, 2.24) is 14.9 Å². The van der Waals surface area contributed by atoms with Gasteiger partial charge in [0.1, 0.15) is 11.3 Å².